The zero-order chi connectivity index (χ0) is 13.8. The molecule has 0 radical (unpaired) electrons. The van der Waals surface area contributed by atoms with Crippen molar-refractivity contribution in [1.29, 1.82) is 5.26 Å². The van der Waals surface area contributed by atoms with E-state index in [9.17, 15) is 8.42 Å². The number of sulfone groups is 1. The molecule has 0 aromatic heterocycles. The Hall–Kier alpha value is -1.25. The maximum absolute atomic E-state index is 11.6. The highest BCUT2D eigenvalue weighted by Crippen LogP contribution is 2.22. The highest BCUT2D eigenvalue weighted by molar-refractivity contribution is 7.91. The number of nitriles is 1. The molecule has 0 unspecified atom stereocenters. The Morgan fingerprint density at radius 3 is 2.67 bits per heavy atom. The number of nitrogens with zero attached hydrogens (tertiary/aromatic N) is 1. The van der Waals surface area contributed by atoms with Crippen molar-refractivity contribution >= 4 is 21.4 Å². The molecule has 98 valence electrons. The molecule has 0 N–H and O–H groups in total. The monoisotopic (exact) mass is 287 g/mol. The molecule has 0 aliphatic rings. The van der Waals surface area contributed by atoms with Gasteiger partial charge in [0.25, 0.3) is 0 Å². The lowest BCUT2D eigenvalue weighted by Crippen LogP contribution is -2.22. The van der Waals surface area contributed by atoms with Crippen LogP contribution in [0.2, 0.25) is 5.02 Å². The van der Waals surface area contributed by atoms with Gasteiger partial charge in [-0.1, -0.05) is 11.6 Å². The standard InChI is InChI=1S/C12H14ClNO3S/c1-9(2)18(15,16)6-5-17-12-7-11(13)4-3-10(12)8-14/h3-4,7,9H,5-6H2,1-2H3. The summed E-state index contributed by atoms with van der Waals surface area (Å²) in [6.45, 7) is 3.25. The number of ether oxygens (including phenoxy) is 1. The van der Waals surface area contributed by atoms with E-state index < -0.39 is 15.1 Å². The van der Waals surface area contributed by atoms with Crippen LogP contribution < -0.4 is 4.74 Å². The Morgan fingerprint density at radius 2 is 2.11 bits per heavy atom. The number of halogens is 1. The molecule has 6 heteroatoms. The first-order valence-corrected chi connectivity index (χ1v) is 7.50. The van der Waals surface area contributed by atoms with Crippen LogP contribution in [0.1, 0.15) is 19.4 Å². The van der Waals surface area contributed by atoms with Crippen molar-refractivity contribution in [3.05, 3.63) is 28.8 Å². The summed E-state index contributed by atoms with van der Waals surface area (Å²) in [6.07, 6.45) is 0. The van der Waals surface area contributed by atoms with Crippen LogP contribution in [-0.4, -0.2) is 26.0 Å². The van der Waals surface area contributed by atoms with Gasteiger partial charge in [0.15, 0.2) is 9.84 Å². The van der Waals surface area contributed by atoms with Crippen molar-refractivity contribution < 1.29 is 13.2 Å². The minimum Gasteiger partial charge on any atom is -0.491 e. The molecule has 0 saturated carbocycles. The van der Waals surface area contributed by atoms with E-state index in [-0.39, 0.29) is 12.4 Å². The molecule has 0 aliphatic carbocycles. The SMILES string of the molecule is CC(C)S(=O)(=O)CCOc1cc(Cl)ccc1C#N. The van der Waals surface area contributed by atoms with Crippen molar-refractivity contribution in [2.75, 3.05) is 12.4 Å². The fraction of sp³-hybridized carbons (Fsp3) is 0.417. The molecule has 1 aromatic rings. The summed E-state index contributed by atoms with van der Waals surface area (Å²) >= 11 is 5.79. The van der Waals surface area contributed by atoms with Gasteiger partial charge in [0.1, 0.15) is 18.4 Å². The quantitative estimate of drug-likeness (QED) is 0.834. The van der Waals surface area contributed by atoms with E-state index in [1.165, 1.54) is 12.1 Å². The van der Waals surface area contributed by atoms with E-state index in [1.807, 2.05) is 6.07 Å². The van der Waals surface area contributed by atoms with Crippen LogP contribution in [0.5, 0.6) is 5.75 Å². The summed E-state index contributed by atoms with van der Waals surface area (Å²) in [6, 6.07) is 6.58. The molecule has 0 heterocycles. The van der Waals surface area contributed by atoms with Gasteiger partial charge in [-0.3, -0.25) is 0 Å². The third kappa shape index (κ3) is 3.90. The predicted molar refractivity (Wildman–Crippen MR) is 70.6 cm³/mol. The van der Waals surface area contributed by atoms with Gasteiger partial charge in [0.05, 0.1) is 16.6 Å². The molecule has 0 aliphatic heterocycles. The first kappa shape index (κ1) is 14.8. The van der Waals surface area contributed by atoms with Crippen molar-refractivity contribution in [2.24, 2.45) is 0 Å². The van der Waals surface area contributed by atoms with E-state index in [0.717, 1.165) is 0 Å². The Bertz CT molecular complexity index is 561. The minimum absolute atomic E-state index is 0.00946. The predicted octanol–water partition coefficient (Wildman–Crippen LogP) is 2.41. The molecular weight excluding hydrogens is 274 g/mol. The van der Waals surface area contributed by atoms with Crippen molar-refractivity contribution in [1.82, 2.24) is 0 Å². The number of rotatable bonds is 5. The Balaban J connectivity index is 2.71. The molecule has 0 bridgehead atoms. The van der Waals surface area contributed by atoms with E-state index in [4.69, 9.17) is 21.6 Å². The van der Waals surface area contributed by atoms with Gasteiger partial charge >= 0.3 is 0 Å². The van der Waals surface area contributed by atoms with Gasteiger partial charge in [0.2, 0.25) is 0 Å². The molecule has 1 aromatic carbocycles. The van der Waals surface area contributed by atoms with Gasteiger partial charge in [-0.05, 0) is 26.0 Å². The normalized spacial score (nSPS) is 11.3. The summed E-state index contributed by atoms with van der Waals surface area (Å²) in [5.74, 6) is 0.228. The molecule has 1 rings (SSSR count). The maximum Gasteiger partial charge on any atom is 0.155 e. The lowest BCUT2D eigenvalue weighted by Gasteiger charge is -2.10. The first-order chi connectivity index (χ1) is 8.36. The lowest BCUT2D eigenvalue weighted by molar-refractivity contribution is 0.339. The average molecular weight is 288 g/mol. The molecular formula is C12H14ClNO3S. The van der Waals surface area contributed by atoms with Crippen LogP contribution in [0, 0.1) is 11.3 Å². The second-order valence-corrected chi connectivity index (χ2v) is 7.13. The van der Waals surface area contributed by atoms with Crippen molar-refractivity contribution in [2.45, 2.75) is 19.1 Å². The number of hydrogen-bond donors (Lipinski definition) is 0. The van der Waals surface area contributed by atoms with Crippen LogP contribution in [0.15, 0.2) is 18.2 Å². The molecule has 18 heavy (non-hydrogen) atoms. The summed E-state index contributed by atoms with van der Waals surface area (Å²) in [4.78, 5) is 0. The molecule has 0 amide bonds. The van der Waals surface area contributed by atoms with Crippen LogP contribution in [-0.2, 0) is 9.84 Å². The average Bonchev–Trinajstić information content (AvgIpc) is 2.29. The third-order valence-electron chi connectivity index (χ3n) is 2.41. The first-order valence-electron chi connectivity index (χ1n) is 5.41. The molecule has 0 spiro atoms. The molecule has 0 atom stereocenters. The summed E-state index contributed by atoms with van der Waals surface area (Å²) < 4.78 is 28.5. The van der Waals surface area contributed by atoms with Crippen LogP contribution >= 0.6 is 11.6 Å². The van der Waals surface area contributed by atoms with Gasteiger partial charge < -0.3 is 4.74 Å². The number of benzene rings is 1. The molecule has 0 fully saturated rings. The smallest absolute Gasteiger partial charge is 0.155 e. The van der Waals surface area contributed by atoms with Crippen molar-refractivity contribution in [3.63, 3.8) is 0 Å². The summed E-state index contributed by atoms with van der Waals surface area (Å²) in [5, 5.41) is 8.87. The third-order valence-corrected chi connectivity index (χ3v) is 4.82. The van der Waals surface area contributed by atoms with Gasteiger partial charge in [-0.15, -0.1) is 0 Å². The van der Waals surface area contributed by atoms with E-state index in [0.29, 0.717) is 16.3 Å². The van der Waals surface area contributed by atoms with Crippen LogP contribution in [0.4, 0.5) is 0 Å². The van der Waals surface area contributed by atoms with E-state index in [2.05, 4.69) is 0 Å². The Morgan fingerprint density at radius 1 is 1.44 bits per heavy atom. The summed E-state index contributed by atoms with van der Waals surface area (Å²) in [7, 11) is -3.14. The fourth-order valence-electron chi connectivity index (χ4n) is 1.21. The zero-order valence-electron chi connectivity index (χ0n) is 10.2. The van der Waals surface area contributed by atoms with Crippen LogP contribution in [0.3, 0.4) is 0 Å². The van der Waals surface area contributed by atoms with Crippen LogP contribution in [0.25, 0.3) is 0 Å². The highest BCUT2D eigenvalue weighted by atomic mass is 35.5. The number of hydrogen-bond acceptors (Lipinski definition) is 4. The Labute approximate surface area is 112 Å². The van der Waals surface area contributed by atoms with E-state index >= 15 is 0 Å². The van der Waals surface area contributed by atoms with Gasteiger partial charge in [-0.2, -0.15) is 5.26 Å². The lowest BCUT2D eigenvalue weighted by atomic mass is 10.2. The molecule has 0 saturated heterocycles. The van der Waals surface area contributed by atoms with Gasteiger partial charge in [-0.25, -0.2) is 8.42 Å². The summed E-state index contributed by atoms with van der Waals surface area (Å²) in [5.41, 5.74) is 0.335. The topological polar surface area (TPSA) is 67.2 Å². The fourth-order valence-corrected chi connectivity index (χ4v) is 2.16. The van der Waals surface area contributed by atoms with Gasteiger partial charge in [0, 0.05) is 11.1 Å². The highest BCUT2D eigenvalue weighted by Gasteiger charge is 2.16. The second kappa shape index (κ2) is 6.07. The Kier molecular flexibility index (Phi) is 5.00. The largest absolute Gasteiger partial charge is 0.491 e. The van der Waals surface area contributed by atoms with E-state index in [1.54, 1.807) is 19.9 Å². The zero-order valence-corrected chi connectivity index (χ0v) is 11.8. The minimum atomic E-state index is -3.14. The second-order valence-electron chi connectivity index (χ2n) is 4.02. The van der Waals surface area contributed by atoms with Crippen molar-refractivity contribution in [3.8, 4) is 11.8 Å². The maximum atomic E-state index is 11.6. The molecule has 4 nitrogen and oxygen atoms in total.